The van der Waals surface area contributed by atoms with Crippen molar-refractivity contribution in [2.45, 2.75) is 25.6 Å². The zero-order valence-electron chi connectivity index (χ0n) is 12.9. The Hall–Kier alpha value is -2.41. The molecule has 0 saturated carbocycles. The Labute approximate surface area is 137 Å². The molecule has 0 unspecified atom stereocenters. The summed E-state index contributed by atoms with van der Waals surface area (Å²) in [6, 6.07) is 6.13. The van der Waals surface area contributed by atoms with Crippen molar-refractivity contribution in [3.63, 3.8) is 0 Å². The number of hydrogen-bond acceptors (Lipinski definition) is 4. The monoisotopic (exact) mass is 337 g/mol. The molecule has 1 atom stereocenters. The molecule has 2 heterocycles. The fraction of sp³-hybridized carbons (Fsp3) is 0.353. The topological polar surface area (TPSA) is 60.7 Å². The second kappa shape index (κ2) is 7.44. The molecule has 1 aromatic carbocycles. The summed E-state index contributed by atoms with van der Waals surface area (Å²) in [6.07, 6.45) is 1.98. The van der Waals surface area contributed by atoms with Crippen molar-refractivity contribution in [2.24, 2.45) is 0 Å². The molecule has 3 rings (SSSR count). The first-order valence-corrected chi connectivity index (χ1v) is 7.68. The Morgan fingerprint density at radius 2 is 2.17 bits per heavy atom. The third-order valence-corrected chi connectivity index (χ3v) is 3.66. The third-order valence-electron chi connectivity index (χ3n) is 3.66. The number of carbonyl (C=O) groups is 1. The van der Waals surface area contributed by atoms with E-state index in [9.17, 15) is 13.6 Å². The van der Waals surface area contributed by atoms with Crippen molar-refractivity contribution in [1.82, 2.24) is 5.32 Å². The van der Waals surface area contributed by atoms with Gasteiger partial charge in [-0.2, -0.15) is 0 Å². The van der Waals surface area contributed by atoms with Gasteiger partial charge in [0.1, 0.15) is 18.2 Å². The average Bonchev–Trinajstić information content (AvgIpc) is 3.23. The van der Waals surface area contributed by atoms with E-state index >= 15 is 0 Å². The highest BCUT2D eigenvalue weighted by Gasteiger charge is 2.18. The van der Waals surface area contributed by atoms with E-state index in [4.69, 9.17) is 13.9 Å². The highest BCUT2D eigenvalue weighted by atomic mass is 19.1. The van der Waals surface area contributed by atoms with E-state index in [1.165, 1.54) is 12.1 Å². The van der Waals surface area contributed by atoms with E-state index in [2.05, 4.69) is 5.32 Å². The van der Waals surface area contributed by atoms with Crippen LogP contribution in [0.15, 0.2) is 34.7 Å². The molecule has 0 aliphatic carbocycles. The number of carbonyl (C=O) groups excluding carboxylic acids is 1. The lowest BCUT2D eigenvalue weighted by Crippen LogP contribution is -2.31. The fourth-order valence-electron chi connectivity index (χ4n) is 2.42. The Kier molecular flexibility index (Phi) is 5.10. The van der Waals surface area contributed by atoms with Gasteiger partial charge in [0.2, 0.25) is 0 Å². The molecule has 1 N–H and O–H groups in total. The minimum atomic E-state index is -0.795. The van der Waals surface area contributed by atoms with Gasteiger partial charge in [0, 0.05) is 19.2 Å². The van der Waals surface area contributed by atoms with Gasteiger partial charge in [0.05, 0.1) is 6.10 Å². The predicted octanol–water partition coefficient (Wildman–Crippen LogP) is 3.05. The number of amides is 1. The lowest BCUT2D eigenvalue weighted by Gasteiger charge is -2.09. The number of benzene rings is 1. The smallest absolute Gasteiger partial charge is 0.287 e. The second-order valence-corrected chi connectivity index (χ2v) is 5.47. The van der Waals surface area contributed by atoms with E-state index in [1.54, 1.807) is 6.07 Å². The zero-order chi connectivity index (χ0) is 16.9. The van der Waals surface area contributed by atoms with Crippen molar-refractivity contribution < 1.29 is 27.5 Å². The SMILES string of the molecule is O=C(NC[C@@H]1CCCO1)c1ccc(COc2ccc(F)cc2F)o1. The van der Waals surface area contributed by atoms with Crippen molar-refractivity contribution in [3.8, 4) is 5.75 Å². The van der Waals surface area contributed by atoms with Crippen LogP contribution in [0.25, 0.3) is 0 Å². The van der Waals surface area contributed by atoms with Gasteiger partial charge in [-0.1, -0.05) is 0 Å². The molecule has 1 aromatic heterocycles. The summed E-state index contributed by atoms with van der Waals surface area (Å²) in [5.74, 6) is -1.40. The summed E-state index contributed by atoms with van der Waals surface area (Å²) in [6.45, 7) is 1.09. The van der Waals surface area contributed by atoms with Gasteiger partial charge in [-0.3, -0.25) is 4.79 Å². The van der Waals surface area contributed by atoms with Crippen LogP contribution >= 0.6 is 0 Å². The van der Waals surface area contributed by atoms with Crippen LogP contribution in [0.5, 0.6) is 5.75 Å². The molecule has 5 nitrogen and oxygen atoms in total. The van der Waals surface area contributed by atoms with Crippen molar-refractivity contribution in [1.29, 1.82) is 0 Å². The van der Waals surface area contributed by atoms with Gasteiger partial charge in [0.25, 0.3) is 5.91 Å². The molecule has 1 aliphatic heterocycles. The summed E-state index contributed by atoms with van der Waals surface area (Å²) >= 11 is 0. The Morgan fingerprint density at radius 3 is 2.92 bits per heavy atom. The van der Waals surface area contributed by atoms with E-state index in [0.29, 0.717) is 12.3 Å². The summed E-state index contributed by atoms with van der Waals surface area (Å²) < 4.78 is 42.3. The van der Waals surface area contributed by atoms with Gasteiger partial charge in [-0.25, -0.2) is 8.78 Å². The molecule has 2 aromatic rings. The zero-order valence-corrected chi connectivity index (χ0v) is 12.9. The Bertz CT molecular complexity index is 710. The predicted molar refractivity (Wildman–Crippen MR) is 80.7 cm³/mol. The molecule has 7 heteroatoms. The molecule has 24 heavy (non-hydrogen) atoms. The van der Waals surface area contributed by atoms with Crippen LogP contribution < -0.4 is 10.1 Å². The molecule has 0 spiro atoms. The largest absolute Gasteiger partial charge is 0.483 e. The van der Waals surface area contributed by atoms with E-state index < -0.39 is 11.6 Å². The summed E-state index contributed by atoms with van der Waals surface area (Å²) in [7, 11) is 0. The van der Waals surface area contributed by atoms with Crippen LogP contribution in [-0.2, 0) is 11.3 Å². The molecule has 0 radical (unpaired) electrons. The molecular weight excluding hydrogens is 320 g/mol. The summed E-state index contributed by atoms with van der Waals surface area (Å²) in [5, 5.41) is 2.74. The first-order chi connectivity index (χ1) is 11.6. The van der Waals surface area contributed by atoms with Crippen molar-refractivity contribution >= 4 is 5.91 Å². The van der Waals surface area contributed by atoms with Gasteiger partial charge < -0.3 is 19.2 Å². The first kappa shape index (κ1) is 16.4. The molecule has 1 fully saturated rings. The Morgan fingerprint density at radius 1 is 1.29 bits per heavy atom. The fourth-order valence-corrected chi connectivity index (χ4v) is 2.42. The molecule has 1 saturated heterocycles. The molecule has 0 bridgehead atoms. The van der Waals surface area contributed by atoms with Gasteiger partial charge in [-0.15, -0.1) is 0 Å². The normalized spacial score (nSPS) is 17.0. The van der Waals surface area contributed by atoms with E-state index in [1.807, 2.05) is 0 Å². The van der Waals surface area contributed by atoms with E-state index in [-0.39, 0.29) is 30.1 Å². The van der Waals surface area contributed by atoms with Crippen LogP contribution in [0.2, 0.25) is 0 Å². The number of furan rings is 1. The average molecular weight is 337 g/mol. The maximum atomic E-state index is 13.5. The molecule has 128 valence electrons. The third kappa shape index (κ3) is 4.11. The van der Waals surface area contributed by atoms with Crippen LogP contribution in [0.1, 0.15) is 29.2 Å². The van der Waals surface area contributed by atoms with Crippen LogP contribution in [0.4, 0.5) is 8.78 Å². The standard InChI is InChI=1S/C17H17F2NO4/c18-11-3-5-15(14(19)8-11)23-10-13-4-6-16(24-13)17(21)20-9-12-2-1-7-22-12/h3-6,8,12H,1-2,7,9-10H2,(H,20,21)/t12-/m0/s1. The maximum absolute atomic E-state index is 13.5. The summed E-state index contributed by atoms with van der Waals surface area (Å²) in [5.41, 5.74) is 0. The number of ether oxygens (including phenoxy) is 2. The van der Waals surface area contributed by atoms with Crippen LogP contribution in [-0.4, -0.2) is 25.2 Å². The van der Waals surface area contributed by atoms with Crippen molar-refractivity contribution in [3.05, 3.63) is 53.5 Å². The highest BCUT2D eigenvalue weighted by Crippen LogP contribution is 2.19. The van der Waals surface area contributed by atoms with Gasteiger partial charge in [-0.05, 0) is 37.1 Å². The quantitative estimate of drug-likeness (QED) is 0.880. The number of hydrogen-bond donors (Lipinski definition) is 1. The second-order valence-electron chi connectivity index (χ2n) is 5.47. The molecule has 1 aliphatic rings. The van der Waals surface area contributed by atoms with E-state index in [0.717, 1.165) is 31.6 Å². The highest BCUT2D eigenvalue weighted by molar-refractivity contribution is 5.91. The van der Waals surface area contributed by atoms with Gasteiger partial charge in [0.15, 0.2) is 17.3 Å². The van der Waals surface area contributed by atoms with Gasteiger partial charge >= 0.3 is 0 Å². The Balaban J connectivity index is 1.51. The lowest BCUT2D eigenvalue weighted by atomic mass is 10.2. The molecule has 1 amide bonds. The van der Waals surface area contributed by atoms with Crippen molar-refractivity contribution in [2.75, 3.05) is 13.2 Å². The number of halogens is 2. The minimum Gasteiger partial charge on any atom is -0.483 e. The lowest BCUT2D eigenvalue weighted by molar-refractivity contribution is 0.0832. The number of nitrogens with one attached hydrogen (secondary N) is 1. The summed E-state index contributed by atoms with van der Waals surface area (Å²) in [4.78, 5) is 12.0. The first-order valence-electron chi connectivity index (χ1n) is 7.68. The number of rotatable bonds is 6. The van der Waals surface area contributed by atoms with Crippen LogP contribution in [0, 0.1) is 11.6 Å². The van der Waals surface area contributed by atoms with Crippen LogP contribution in [0.3, 0.4) is 0 Å². The maximum Gasteiger partial charge on any atom is 0.287 e. The molecular formula is C17H17F2NO4. The minimum absolute atomic E-state index is 0.0492.